The molecule has 0 aliphatic carbocycles. The normalized spacial score (nSPS) is 11.4. The number of hydrogen-bond acceptors (Lipinski definition) is 5. The third-order valence-electron chi connectivity index (χ3n) is 2.34. The molecule has 1 aromatic carbocycles. The molecule has 0 fully saturated rings. The molecule has 112 valence electrons. The zero-order valence-electron chi connectivity index (χ0n) is 10.6. The van der Waals surface area contributed by atoms with Crippen molar-refractivity contribution in [2.45, 2.75) is 11.8 Å². The molecule has 0 unspecified atom stereocenters. The molecule has 2 rings (SSSR count). The van der Waals surface area contributed by atoms with Gasteiger partial charge in [0.1, 0.15) is 10.0 Å². The molecule has 0 radical (unpaired) electrons. The summed E-state index contributed by atoms with van der Waals surface area (Å²) in [5.74, 6) is -0.101. The Labute approximate surface area is 143 Å². The number of nitrogens with one attached hydrogen (secondary N) is 1. The van der Waals surface area contributed by atoms with Crippen LogP contribution in [0.5, 0.6) is 0 Å². The van der Waals surface area contributed by atoms with Crippen molar-refractivity contribution >= 4 is 65.1 Å². The van der Waals surface area contributed by atoms with Crippen LogP contribution in [0.15, 0.2) is 32.0 Å². The van der Waals surface area contributed by atoms with Crippen LogP contribution in [0.25, 0.3) is 0 Å². The van der Waals surface area contributed by atoms with Gasteiger partial charge in [0.25, 0.3) is 10.0 Å². The van der Waals surface area contributed by atoms with Gasteiger partial charge in [-0.3, -0.25) is 0 Å². The minimum atomic E-state index is -3.91. The second-order valence-corrected chi connectivity index (χ2v) is 7.79. The highest BCUT2D eigenvalue weighted by molar-refractivity contribution is 9.11. The first kappa shape index (κ1) is 16.5. The van der Waals surface area contributed by atoms with Gasteiger partial charge in [0.15, 0.2) is 0 Å². The number of aryl methyl sites for hydroxylation is 1. The van der Waals surface area contributed by atoms with Gasteiger partial charge < -0.3 is 5.73 Å². The van der Waals surface area contributed by atoms with E-state index < -0.39 is 10.0 Å². The van der Waals surface area contributed by atoms with Crippen LogP contribution in [0.1, 0.15) is 5.69 Å². The van der Waals surface area contributed by atoms with E-state index in [0.29, 0.717) is 20.3 Å². The third kappa shape index (κ3) is 3.85. The minimum absolute atomic E-state index is 0.00192. The van der Waals surface area contributed by atoms with Gasteiger partial charge >= 0.3 is 0 Å². The molecule has 0 aliphatic heterocycles. The lowest BCUT2D eigenvalue weighted by Gasteiger charge is -2.11. The number of sulfonamides is 1. The van der Waals surface area contributed by atoms with Gasteiger partial charge in [-0.25, -0.2) is 23.1 Å². The first-order chi connectivity index (χ1) is 9.69. The third-order valence-corrected chi connectivity index (χ3v) is 5.74. The van der Waals surface area contributed by atoms with Gasteiger partial charge in [0.2, 0.25) is 5.95 Å². The van der Waals surface area contributed by atoms with Crippen LogP contribution >= 0.6 is 43.5 Å². The van der Waals surface area contributed by atoms with Crippen molar-refractivity contribution in [1.29, 1.82) is 0 Å². The maximum Gasteiger partial charge on any atom is 0.266 e. The van der Waals surface area contributed by atoms with Crippen LogP contribution in [-0.2, 0) is 10.0 Å². The van der Waals surface area contributed by atoms with Crippen LogP contribution in [-0.4, -0.2) is 18.4 Å². The standard InChI is InChI=1S/C11H9Br2ClN4O2S/c1-5-2-9(14)17-11(16-5)18-21(19,20)10-7(12)3-6(15)4-8(10)13/h2-4H,15H2,1H3,(H,16,17,18). The van der Waals surface area contributed by atoms with E-state index in [9.17, 15) is 8.42 Å². The maximum atomic E-state index is 12.4. The van der Waals surface area contributed by atoms with Crippen molar-refractivity contribution < 1.29 is 8.42 Å². The van der Waals surface area contributed by atoms with E-state index >= 15 is 0 Å². The molecule has 0 atom stereocenters. The molecule has 0 aliphatic rings. The lowest BCUT2D eigenvalue weighted by molar-refractivity contribution is 0.600. The molecule has 0 saturated heterocycles. The first-order valence-electron chi connectivity index (χ1n) is 5.47. The van der Waals surface area contributed by atoms with E-state index in [1.807, 2.05) is 0 Å². The Kier molecular flexibility index (Phi) is 4.76. The Hall–Kier alpha value is -0.900. The Morgan fingerprint density at radius 3 is 2.29 bits per heavy atom. The first-order valence-corrected chi connectivity index (χ1v) is 8.92. The summed E-state index contributed by atoms with van der Waals surface area (Å²) in [5, 5.41) is 0.149. The number of rotatable bonds is 3. The Morgan fingerprint density at radius 2 is 1.76 bits per heavy atom. The summed E-state index contributed by atoms with van der Waals surface area (Å²) in [6, 6.07) is 4.50. The molecular weight excluding hydrogens is 447 g/mol. The monoisotopic (exact) mass is 454 g/mol. The van der Waals surface area contributed by atoms with Gasteiger partial charge in [-0.2, -0.15) is 0 Å². The van der Waals surface area contributed by atoms with Gasteiger partial charge in [-0.05, 0) is 57.0 Å². The molecular formula is C11H9Br2ClN4O2S. The fraction of sp³-hybridized carbons (Fsp3) is 0.0909. The van der Waals surface area contributed by atoms with E-state index in [2.05, 4.69) is 46.5 Å². The molecule has 0 spiro atoms. The molecule has 0 saturated carbocycles. The van der Waals surface area contributed by atoms with E-state index in [-0.39, 0.29) is 16.0 Å². The smallest absolute Gasteiger partial charge is 0.266 e. The average molecular weight is 457 g/mol. The number of anilines is 2. The van der Waals surface area contributed by atoms with Gasteiger partial charge in [0, 0.05) is 20.3 Å². The summed E-state index contributed by atoms with van der Waals surface area (Å²) in [4.78, 5) is 7.81. The zero-order valence-corrected chi connectivity index (χ0v) is 15.3. The van der Waals surface area contributed by atoms with E-state index in [1.165, 1.54) is 18.2 Å². The molecule has 2 aromatic rings. The van der Waals surface area contributed by atoms with Crippen LogP contribution in [0, 0.1) is 6.92 Å². The summed E-state index contributed by atoms with van der Waals surface area (Å²) < 4.78 is 27.8. The Morgan fingerprint density at radius 1 is 1.19 bits per heavy atom. The quantitative estimate of drug-likeness (QED) is 0.545. The molecule has 3 N–H and O–H groups in total. The summed E-state index contributed by atoms with van der Waals surface area (Å²) in [7, 11) is -3.91. The number of nitrogens with zero attached hydrogens (tertiary/aromatic N) is 2. The van der Waals surface area contributed by atoms with Crippen molar-refractivity contribution in [3.8, 4) is 0 Å². The van der Waals surface area contributed by atoms with Crippen LogP contribution in [0.4, 0.5) is 11.6 Å². The fourth-order valence-electron chi connectivity index (χ4n) is 1.58. The lowest BCUT2D eigenvalue weighted by atomic mass is 10.3. The predicted molar refractivity (Wildman–Crippen MR) is 88.8 cm³/mol. The highest BCUT2D eigenvalue weighted by Gasteiger charge is 2.23. The molecule has 21 heavy (non-hydrogen) atoms. The average Bonchev–Trinajstić information content (AvgIpc) is 2.23. The maximum absolute atomic E-state index is 12.4. The number of nitrogens with two attached hydrogens (primary N) is 1. The van der Waals surface area contributed by atoms with Gasteiger partial charge in [0.05, 0.1) is 0 Å². The fourth-order valence-corrected chi connectivity index (χ4v) is 5.39. The van der Waals surface area contributed by atoms with Crippen molar-refractivity contribution in [2.24, 2.45) is 0 Å². The van der Waals surface area contributed by atoms with Crippen LogP contribution in [0.3, 0.4) is 0 Å². The summed E-state index contributed by atoms with van der Waals surface area (Å²) in [5.41, 5.74) is 6.61. The number of halogens is 3. The van der Waals surface area contributed by atoms with E-state index in [1.54, 1.807) is 6.92 Å². The molecule has 6 nitrogen and oxygen atoms in total. The van der Waals surface area contributed by atoms with Crippen molar-refractivity contribution in [1.82, 2.24) is 9.97 Å². The summed E-state index contributed by atoms with van der Waals surface area (Å²) in [6.07, 6.45) is 0. The predicted octanol–water partition coefficient (Wildman–Crippen LogP) is 3.35. The number of nitrogen functional groups attached to an aromatic ring is 1. The van der Waals surface area contributed by atoms with Crippen LogP contribution < -0.4 is 10.5 Å². The molecule has 0 bridgehead atoms. The highest BCUT2D eigenvalue weighted by Crippen LogP contribution is 2.33. The number of hydrogen-bond donors (Lipinski definition) is 2. The second-order valence-electron chi connectivity index (χ2n) is 4.07. The van der Waals surface area contributed by atoms with Crippen molar-refractivity contribution in [2.75, 3.05) is 10.5 Å². The number of aromatic nitrogens is 2. The van der Waals surface area contributed by atoms with Gasteiger partial charge in [-0.15, -0.1) is 0 Å². The number of benzene rings is 1. The Balaban J connectivity index is 2.48. The lowest BCUT2D eigenvalue weighted by Crippen LogP contribution is -2.16. The largest absolute Gasteiger partial charge is 0.399 e. The molecule has 1 heterocycles. The molecule has 10 heteroatoms. The van der Waals surface area contributed by atoms with E-state index in [0.717, 1.165) is 0 Å². The zero-order chi connectivity index (χ0) is 15.8. The summed E-state index contributed by atoms with van der Waals surface area (Å²) in [6.45, 7) is 1.68. The highest BCUT2D eigenvalue weighted by atomic mass is 79.9. The topological polar surface area (TPSA) is 98.0 Å². The van der Waals surface area contributed by atoms with Crippen LogP contribution in [0.2, 0.25) is 5.15 Å². The minimum Gasteiger partial charge on any atom is -0.399 e. The summed E-state index contributed by atoms with van der Waals surface area (Å²) >= 11 is 12.1. The van der Waals surface area contributed by atoms with Crippen molar-refractivity contribution in [3.05, 3.63) is 38.0 Å². The Bertz CT molecular complexity index is 771. The van der Waals surface area contributed by atoms with Gasteiger partial charge in [-0.1, -0.05) is 11.6 Å². The second kappa shape index (κ2) is 6.07. The SMILES string of the molecule is Cc1cc(Cl)nc(NS(=O)(=O)c2c(Br)cc(N)cc2Br)n1. The molecule has 0 amide bonds. The van der Waals surface area contributed by atoms with Crippen molar-refractivity contribution in [3.63, 3.8) is 0 Å². The van der Waals surface area contributed by atoms with E-state index in [4.69, 9.17) is 17.3 Å². The molecule has 1 aromatic heterocycles.